The topological polar surface area (TPSA) is 59.1 Å². The zero-order valence-corrected chi connectivity index (χ0v) is 8.57. The van der Waals surface area contributed by atoms with Crippen LogP contribution in [0.2, 0.25) is 5.15 Å². The van der Waals surface area contributed by atoms with Crippen molar-refractivity contribution in [3.63, 3.8) is 0 Å². The number of aromatic hydroxyl groups is 1. The molecule has 0 atom stereocenters. The number of rotatable bonds is 1. The highest BCUT2D eigenvalue weighted by molar-refractivity contribution is 6.29. The molecule has 1 aromatic carbocycles. The van der Waals surface area contributed by atoms with Gasteiger partial charge in [0.15, 0.2) is 0 Å². The molecule has 3 N–H and O–H groups in total. The third-order valence-corrected chi connectivity index (χ3v) is 2.27. The number of pyridine rings is 1. The number of hydrogen-bond donors (Lipinski definition) is 2. The van der Waals surface area contributed by atoms with E-state index in [1.165, 1.54) is 0 Å². The molecule has 0 fully saturated rings. The van der Waals surface area contributed by atoms with E-state index < -0.39 is 0 Å². The highest BCUT2D eigenvalue weighted by Gasteiger charge is 2.04. The van der Waals surface area contributed by atoms with Gasteiger partial charge in [0.05, 0.1) is 0 Å². The summed E-state index contributed by atoms with van der Waals surface area (Å²) in [7, 11) is 0. The fourth-order valence-electron chi connectivity index (χ4n) is 1.36. The number of phenols is 1. The number of nitrogen functional groups attached to an aromatic ring is 1. The largest absolute Gasteiger partial charge is 0.508 e. The molecule has 0 saturated heterocycles. The zero-order valence-electron chi connectivity index (χ0n) is 7.81. The molecule has 0 unspecified atom stereocenters. The number of phenolic OH excluding ortho intramolecular Hbond substituents is 1. The van der Waals surface area contributed by atoms with Crippen LogP contribution in [0.4, 0.5) is 5.69 Å². The molecule has 0 bridgehead atoms. The number of anilines is 1. The Bertz CT molecular complexity index is 500. The van der Waals surface area contributed by atoms with Gasteiger partial charge in [-0.05, 0) is 23.8 Å². The van der Waals surface area contributed by atoms with E-state index in [1.54, 1.807) is 30.5 Å². The molecule has 0 spiro atoms. The summed E-state index contributed by atoms with van der Waals surface area (Å²) in [5.41, 5.74) is 7.92. The maximum atomic E-state index is 9.33. The minimum absolute atomic E-state index is 0.196. The first-order valence-electron chi connectivity index (χ1n) is 4.37. The number of benzene rings is 1. The average Bonchev–Trinajstić information content (AvgIpc) is 2.17. The highest BCUT2D eigenvalue weighted by atomic mass is 35.5. The van der Waals surface area contributed by atoms with Gasteiger partial charge in [0, 0.05) is 17.4 Å². The van der Waals surface area contributed by atoms with Crippen molar-refractivity contribution in [2.75, 3.05) is 5.73 Å². The third kappa shape index (κ3) is 2.02. The molecule has 15 heavy (non-hydrogen) atoms. The number of hydrogen-bond acceptors (Lipinski definition) is 3. The number of aromatic nitrogens is 1. The van der Waals surface area contributed by atoms with Crippen molar-refractivity contribution in [1.82, 2.24) is 4.98 Å². The van der Waals surface area contributed by atoms with Gasteiger partial charge in [0.25, 0.3) is 0 Å². The zero-order chi connectivity index (χ0) is 10.8. The first-order valence-corrected chi connectivity index (χ1v) is 4.75. The predicted molar refractivity (Wildman–Crippen MR) is 60.8 cm³/mol. The Hall–Kier alpha value is -1.74. The van der Waals surface area contributed by atoms with Gasteiger partial charge in [-0.25, -0.2) is 4.98 Å². The van der Waals surface area contributed by atoms with Gasteiger partial charge in [0.2, 0.25) is 0 Å². The van der Waals surface area contributed by atoms with Gasteiger partial charge in [-0.1, -0.05) is 23.7 Å². The van der Waals surface area contributed by atoms with Crippen LogP contribution in [0.5, 0.6) is 5.75 Å². The van der Waals surface area contributed by atoms with Crippen LogP contribution in [0.25, 0.3) is 11.1 Å². The van der Waals surface area contributed by atoms with Crippen LogP contribution in [0.1, 0.15) is 0 Å². The maximum absolute atomic E-state index is 9.33. The van der Waals surface area contributed by atoms with Crippen LogP contribution in [-0.4, -0.2) is 10.1 Å². The number of halogens is 1. The molecule has 4 heteroatoms. The summed E-state index contributed by atoms with van der Waals surface area (Å²) < 4.78 is 0. The Morgan fingerprint density at radius 3 is 2.73 bits per heavy atom. The second-order valence-electron chi connectivity index (χ2n) is 3.14. The minimum Gasteiger partial charge on any atom is -0.508 e. The van der Waals surface area contributed by atoms with E-state index in [9.17, 15) is 5.11 Å². The predicted octanol–water partition coefficient (Wildman–Crippen LogP) is 2.69. The molecular weight excluding hydrogens is 212 g/mol. The summed E-state index contributed by atoms with van der Waals surface area (Å²) in [4.78, 5) is 3.95. The lowest BCUT2D eigenvalue weighted by atomic mass is 10.1. The van der Waals surface area contributed by atoms with E-state index in [0.717, 1.165) is 11.1 Å². The monoisotopic (exact) mass is 220 g/mol. The van der Waals surface area contributed by atoms with Gasteiger partial charge >= 0.3 is 0 Å². The van der Waals surface area contributed by atoms with E-state index in [-0.39, 0.29) is 5.75 Å². The van der Waals surface area contributed by atoms with Crippen molar-refractivity contribution in [3.8, 4) is 16.9 Å². The quantitative estimate of drug-likeness (QED) is 0.727. The summed E-state index contributed by atoms with van der Waals surface area (Å²) in [5, 5.41) is 9.69. The first kappa shape index (κ1) is 9.80. The van der Waals surface area contributed by atoms with Crippen LogP contribution in [0.3, 0.4) is 0 Å². The fraction of sp³-hybridized carbons (Fsp3) is 0. The molecule has 1 heterocycles. The van der Waals surface area contributed by atoms with Crippen molar-refractivity contribution in [2.24, 2.45) is 0 Å². The summed E-state index contributed by atoms with van der Waals surface area (Å²) in [6, 6.07) is 8.41. The van der Waals surface area contributed by atoms with Crippen LogP contribution >= 0.6 is 11.6 Å². The molecule has 0 amide bonds. The lowest BCUT2D eigenvalue weighted by Gasteiger charge is -2.05. The van der Waals surface area contributed by atoms with Crippen LogP contribution in [0.15, 0.2) is 36.5 Å². The summed E-state index contributed by atoms with van der Waals surface area (Å²) in [6.07, 6.45) is 1.59. The van der Waals surface area contributed by atoms with Gasteiger partial charge < -0.3 is 10.8 Å². The Morgan fingerprint density at radius 1 is 1.27 bits per heavy atom. The van der Waals surface area contributed by atoms with Gasteiger partial charge in [-0.2, -0.15) is 0 Å². The summed E-state index contributed by atoms with van der Waals surface area (Å²) in [6.45, 7) is 0. The SMILES string of the molecule is Nc1cc(Cl)ncc1-c1cccc(O)c1. The molecular formula is C11H9ClN2O. The van der Waals surface area contributed by atoms with Crippen molar-refractivity contribution in [2.45, 2.75) is 0 Å². The minimum atomic E-state index is 0.196. The smallest absolute Gasteiger partial charge is 0.131 e. The Labute approximate surface area is 92.1 Å². The Balaban J connectivity index is 2.54. The number of nitrogens with two attached hydrogens (primary N) is 1. The van der Waals surface area contributed by atoms with Gasteiger partial charge in [-0.15, -0.1) is 0 Å². The summed E-state index contributed by atoms with van der Waals surface area (Å²) >= 11 is 5.70. The average molecular weight is 221 g/mol. The standard InChI is InChI=1S/C11H9ClN2O/c12-11-5-10(13)9(6-14-11)7-2-1-3-8(15)4-7/h1-6,15H,(H2,13,14). The van der Waals surface area contributed by atoms with Crippen molar-refractivity contribution in [3.05, 3.63) is 41.7 Å². The first-order chi connectivity index (χ1) is 7.16. The highest BCUT2D eigenvalue weighted by Crippen LogP contribution is 2.28. The van der Waals surface area contributed by atoms with E-state index >= 15 is 0 Å². The van der Waals surface area contributed by atoms with Gasteiger partial charge in [0.1, 0.15) is 10.9 Å². The van der Waals surface area contributed by atoms with Gasteiger partial charge in [-0.3, -0.25) is 0 Å². The van der Waals surface area contributed by atoms with Crippen LogP contribution in [0, 0.1) is 0 Å². The molecule has 1 aromatic heterocycles. The molecule has 0 radical (unpaired) electrons. The van der Waals surface area contributed by atoms with E-state index in [2.05, 4.69) is 4.98 Å². The molecule has 0 aliphatic rings. The second kappa shape index (κ2) is 3.79. The molecule has 2 rings (SSSR count). The third-order valence-electron chi connectivity index (χ3n) is 2.06. The van der Waals surface area contributed by atoms with Crippen molar-refractivity contribution < 1.29 is 5.11 Å². The lowest BCUT2D eigenvalue weighted by molar-refractivity contribution is 0.475. The van der Waals surface area contributed by atoms with Crippen molar-refractivity contribution >= 4 is 17.3 Å². The molecule has 76 valence electrons. The van der Waals surface area contributed by atoms with Crippen LogP contribution < -0.4 is 5.73 Å². The maximum Gasteiger partial charge on any atom is 0.131 e. The normalized spacial score (nSPS) is 10.2. The molecule has 0 saturated carbocycles. The second-order valence-corrected chi connectivity index (χ2v) is 3.53. The number of nitrogens with zero attached hydrogens (tertiary/aromatic N) is 1. The van der Waals surface area contributed by atoms with Crippen LogP contribution in [-0.2, 0) is 0 Å². The van der Waals surface area contributed by atoms with E-state index in [1.807, 2.05) is 6.07 Å². The Morgan fingerprint density at radius 2 is 2.07 bits per heavy atom. The lowest BCUT2D eigenvalue weighted by Crippen LogP contribution is -1.91. The Kier molecular flexibility index (Phi) is 2.47. The van der Waals surface area contributed by atoms with E-state index in [0.29, 0.717) is 10.8 Å². The molecule has 0 aliphatic carbocycles. The fourth-order valence-corrected chi connectivity index (χ4v) is 1.53. The molecule has 0 aliphatic heterocycles. The van der Waals surface area contributed by atoms with Crippen molar-refractivity contribution in [1.29, 1.82) is 0 Å². The van der Waals surface area contributed by atoms with E-state index in [4.69, 9.17) is 17.3 Å². The molecule has 2 aromatic rings. The molecule has 3 nitrogen and oxygen atoms in total. The summed E-state index contributed by atoms with van der Waals surface area (Å²) in [5.74, 6) is 0.196.